The summed E-state index contributed by atoms with van der Waals surface area (Å²) in [6.07, 6.45) is 0. The van der Waals surface area contributed by atoms with Crippen LogP contribution in [-0.4, -0.2) is 22.4 Å². The standard InChI is InChI=1S/C17H14O6/c1-8-5-10-13(7-12(8)19)23-17(16(21)15(10)20)9-3-4-11(18)14(6-9)22-2/h3-7,18-19,21H,1-2H3. The number of fused-ring (bicyclic) bond motifs is 1. The summed E-state index contributed by atoms with van der Waals surface area (Å²) in [5.41, 5.74) is 0.411. The van der Waals surface area contributed by atoms with Gasteiger partial charge in [0.05, 0.1) is 12.5 Å². The van der Waals surface area contributed by atoms with Gasteiger partial charge in [-0.25, -0.2) is 0 Å². The van der Waals surface area contributed by atoms with Crippen molar-refractivity contribution in [3.8, 4) is 34.3 Å². The summed E-state index contributed by atoms with van der Waals surface area (Å²) >= 11 is 0. The van der Waals surface area contributed by atoms with Gasteiger partial charge in [0.15, 0.2) is 17.3 Å². The average Bonchev–Trinajstić information content (AvgIpc) is 2.53. The summed E-state index contributed by atoms with van der Waals surface area (Å²) in [5.74, 6) is -0.525. The van der Waals surface area contributed by atoms with Crippen molar-refractivity contribution >= 4 is 11.0 Å². The van der Waals surface area contributed by atoms with Crippen molar-refractivity contribution in [2.24, 2.45) is 0 Å². The molecule has 0 amide bonds. The lowest BCUT2D eigenvalue weighted by molar-refractivity contribution is 0.373. The summed E-state index contributed by atoms with van der Waals surface area (Å²) in [5, 5.41) is 29.8. The molecule has 0 aliphatic carbocycles. The van der Waals surface area contributed by atoms with Crippen LogP contribution in [0.25, 0.3) is 22.3 Å². The van der Waals surface area contributed by atoms with Gasteiger partial charge in [-0.05, 0) is 36.8 Å². The fourth-order valence-corrected chi connectivity index (χ4v) is 2.34. The van der Waals surface area contributed by atoms with Gasteiger partial charge in [0.2, 0.25) is 11.2 Å². The van der Waals surface area contributed by atoms with Crippen LogP contribution in [0.4, 0.5) is 0 Å². The van der Waals surface area contributed by atoms with E-state index in [1.165, 1.54) is 37.4 Å². The Bertz CT molecular complexity index is 971. The lowest BCUT2D eigenvalue weighted by Gasteiger charge is -2.09. The molecule has 0 aliphatic rings. The maximum Gasteiger partial charge on any atom is 0.235 e. The second-order valence-electron chi connectivity index (χ2n) is 5.13. The van der Waals surface area contributed by atoms with Crippen LogP contribution in [0.5, 0.6) is 23.0 Å². The Morgan fingerprint density at radius 1 is 1.04 bits per heavy atom. The third-order valence-corrected chi connectivity index (χ3v) is 3.63. The maximum absolute atomic E-state index is 12.3. The van der Waals surface area contributed by atoms with Crippen LogP contribution in [0.1, 0.15) is 5.56 Å². The molecule has 1 aromatic heterocycles. The van der Waals surface area contributed by atoms with E-state index in [0.29, 0.717) is 11.1 Å². The van der Waals surface area contributed by atoms with Crippen LogP contribution in [0.2, 0.25) is 0 Å². The fraction of sp³-hybridized carbons (Fsp3) is 0.118. The second kappa shape index (κ2) is 5.24. The topological polar surface area (TPSA) is 100 Å². The highest BCUT2D eigenvalue weighted by atomic mass is 16.5. The zero-order chi connectivity index (χ0) is 16.7. The molecule has 0 saturated heterocycles. The minimum atomic E-state index is -0.601. The number of benzene rings is 2. The highest BCUT2D eigenvalue weighted by molar-refractivity contribution is 5.84. The van der Waals surface area contributed by atoms with E-state index in [1.807, 2.05) is 0 Å². The molecule has 2 aromatic carbocycles. The molecule has 6 nitrogen and oxygen atoms in total. The molecule has 0 aliphatic heterocycles. The van der Waals surface area contributed by atoms with Crippen molar-refractivity contribution in [1.82, 2.24) is 0 Å². The van der Waals surface area contributed by atoms with Gasteiger partial charge in [-0.15, -0.1) is 0 Å². The monoisotopic (exact) mass is 314 g/mol. The van der Waals surface area contributed by atoms with Crippen molar-refractivity contribution in [3.05, 3.63) is 46.1 Å². The van der Waals surface area contributed by atoms with Crippen LogP contribution in [0.15, 0.2) is 39.5 Å². The predicted octanol–water partition coefficient (Wildman–Crippen LogP) is 2.89. The molecule has 3 rings (SSSR count). The Kier molecular flexibility index (Phi) is 3.37. The summed E-state index contributed by atoms with van der Waals surface area (Å²) in [6.45, 7) is 1.64. The summed E-state index contributed by atoms with van der Waals surface area (Å²) in [7, 11) is 1.38. The van der Waals surface area contributed by atoms with Gasteiger partial charge in [0, 0.05) is 11.6 Å². The first-order valence-electron chi connectivity index (χ1n) is 6.79. The number of phenolic OH excluding ortho intramolecular Hbond substituents is 2. The van der Waals surface area contributed by atoms with Crippen molar-refractivity contribution in [3.63, 3.8) is 0 Å². The molecule has 0 saturated carbocycles. The predicted molar refractivity (Wildman–Crippen MR) is 84.2 cm³/mol. The Balaban J connectivity index is 2.32. The van der Waals surface area contributed by atoms with E-state index in [0.717, 1.165) is 0 Å². The molecular formula is C17H14O6. The molecule has 0 unspecified atom stereocenters. The molecular weight excluding hydrogens is 300 g/mol. The molecule has 1 heterocycles. The quantitative estimate of drug-likeness (QED) is 0.672. The Labute approximate surface area is 130 Å². The van der Waals surface area contributed by atoms with E-state index in [4.69, 9.17) is 9.15 Å². The van der Waals surface area contributed by atoms with E-state index < -0.39 is 11.2 Å². The minimum absolute atomic E-state index is 0.0134. The van der Waals surface area contributed by atoms with Crippen molar-refractivity contribution < 1.29 is 24.5 Å². The Morgan fingerprint density at radius 2 is 1.78 bits per heavy atom. The van der Waals surface area contributed by atoms with Crippen molar-refractivity contribution in [2.45, 2.75) is 6.92 Å². The normalized spacial score (nSPS) is 10.9. The average molecular weight is 314 g/mol. The first kappa shape index (κ1) is 14.8. The number of aromatic hydroxyl groups is 3. The van der Waals surface area contributed by atoms with Gasteiger partial charge >= 0.3 is 0 Å². The minimum Gasteiger partial charge on any atom is -0.508 e. The Hall–Kier alpha value is -3.15. The Morgan fingerprint density at radius 3 is 2.48 bits per heavy atom. The second-order valence-corrected chi connectivity index (χ2v) is 5.13. The van der Waals surface area contributed by atoms with Crippen LogP contribution < -0.4 is 10.2 Å². The molecule has 0 bridgehead atoms. The third kappa shape index (κ3) is 2.34. The summed E-state index contributed by atoms with van der Waals surface area (Å²) in [4.78, 5) is 12.3. The molecule has 6 heteroatoms. The molecule has 3 aromatic rings. The number of phenols is 2. The highest BCUT2D eigenvalue weighted by Gasteiger charge is 2.17. The fourth-order valence-electron chi connectivity index (χ4n) is 2.34. The number of hydrogen-bond acceptors (Lipinski definition) is 6. The van der Waals surface area contributed by atoms with Crippen LogP contribution in [0.3, 0.4) is 0 Å². The maximum atomic E-state index is 12.3. The number of rotatable bonds is 2. The molecule has 0 fully saturated rings. The van der Waals surface area contributed by atoms with Crippen LogP contribution in [-0.2, 0) is 0 Å². The van der Waals surface area contributed by atoms with Crippen molar-refractivity contribution in [1.29, 1.82) is 0 Å². The molecule has 0 atom stereocenters. The summed E-state index contributed by atoms with van der Waals surface area (Å²) in [6, 6.07) is 7.07. The van der Waals surface area contributed by atoms with Gasteiger partial charge in [-0.2, -0.15) is 0 Å². The van der Waals surface area contributed by atoms with Gasteiger partial charge in [0.25, 0.3) is 0 Å². The number of hydrogen-bond donors (Lipinski definition) is 3. The van der Waals surface area contributed by atoms with E-state index >= 15 is 0 Å². The highest BCUT2D eigenvalue weighted by Crippen LogP contribution is 2.36. The van der Waals surface area contributed by atoms with E-state index in [2.05, 4.69) is 0 Å². The third-order valence-electron chi connectivity index (χ3n) is 3.63. The van der Waals surface area contributed by atoms with Gasteiger partial charge in [-0.1, -0.05) is 0 Å². The molecule has 0 radical (unpaired) electrons. The zero-order valence-corrected chi connectivity index (χ0v) is 12.5. The number of ether oxygens (including phenoxy) is 1. The first-order valence-corrected chi connectivity index (χ1v) is 6.79. The van der Waals surface area contributed by atoms with Gasteiger partial charge in [-0.3, -0.25) is 4.79 Å². The van der Waals surface area contributed by atoms with E-state index in [9.17, 15) is 20.1 Å². The van der Waals surface area contributed by atoms with Crippen molar-refractivity contribution in [2.75, 3.05) is 7.11 Å². The van der Waals surface area contributed by atoms with E-state index in [-0.39, 0.29) is 34.0 Å². The molecule has 3 N–H and O–H groups in total. The largest absolute Gasteiger partial charge is 0.508 e. The van der Waals surface area contributed by atoms with Crippen LogP contribution in [0, 0.1) is 6.92 Å². The first-order chi connectivity index (χ1) is 10.9. The number of methoxy groups -OCH3 is 1. The zero-order valence-electron chi connectivity index (χ0n) is 12.5. The van der Waals surface area contributed by atoms with Gasteiger partial charge < -0.3 is 24.5 Å². The lowest BCUT2D eigenvalue weighted by Crippen LogP contribution is -2.03. The number of aryl methyl sites for hydroxylation is 1. The molecule has 0 spiro atoms. The lowest BCUT2D eigenvalue weighted by atomic mass is 10.1. The SMILES string of the molecule is COc1cc(-c2oc3cc(O)c(C)cc3c(=O)c2O)ccc1O. The molecule has 23 heavy (non-hydrogen) atoms. The smallest absolute Gasteiger partial charge is 0.235 e. The van der Waals surface area contributed by atoms with E-state index in [1.54, 1.807) is 6.92 Å². The summed E-state index contributed by atoms with van der Waals surface area (Å²) < 4.78 is 10.6. The van der Waals surface area contributed by atoms with Gasteiger partial charge in [0.1, 0.15) is 11.3 Å². The molecule has 118 valence electrons. The van der Waals surface area contributed by atoms with Crippen LogP contribution >= 0.6 is 0 Å².